The van der Waals surface area contributed by atoms with Crippen molar-refractivity contribution in [3.8, 4) is 17.0 Å². The molecule has 0 fully saturated rings. The molecule has 5 N–H and O–H groups in total. The van der Waals surface area contributed by atoms with Crippen molar-refractivity contribution >= 4 is 23.0 Å². The van der Waals surface area contributed by atoms with E-state index in [1.165, 1.54) is 24.3 Å². The molecule has 4 rings (SSSR count). The average Bonchev–Trinajstić information content (AvgIpc) is 3.09. The van der Waals surface area contributed by atoms with Crippen LogP contribution < -0.4 is 10.9 Å². The van der Waals surface area contributed by atoms with Crippen LogP contribution >= 0.6 is 0 Å². The van der Waals surface area contributed by atoms with Crippen LogP contribution in [0.3, 0.4) is 0 Å². The Bertz CT molecular complexity index is 1190. The Morgan fingerprint density at radius 2 is 1.79 bits per heavy atom. The van der Waals surface area contributed by atoms with Crippen LogP contribution in [0.5, 0.6) is 5.75 Å². The number of hydrogen-bond acceptors (Lipinski definition) is 6. The van der Waals surface area contributed by atoms with Crippen molar-refractivity contribution in [2.24, 2.45) is 0 Å². The highest BCUT2D eigenvalue weighted by atomic mass is 16.4. The van der Waals surface area contributed by atoms with E-state index in [9.17, 15) is 19.8 Å². The van der Waals surface area contributed by atoms with Gasteiger partial charge < -0.3 is 20.5 Å². The van der Waals surface area contributed by atoms with Crippen molar-refractivity contribution in [3.05, 3.63) is 70.3 Å². The lowest BCUT2D eigenvalue weighted by Gasteiger charge is -2.09. The third-order valence-electron chi connectivity index (χ3n) is 4.14. The molecule has 0 aliphatic heterocycles. The van der Waals surface area contributed by atoms with Gasteiger partial charge >= 0.3 is 5.97 Å². The highest BCUT2D eigenvalue weighted by Crippen LogP contribution is 2.23. The van der Waals surface area contributed by atoms with Crippen LogP contribution in [0.1, 0.15) is 16.2 Å². The van der Waals surface area contributed by atoms with Crippen LogP contribution in [0.2, 0.25) is 0 Å². The van der Waals surface area contributed by atoms with E-state index in [1.54, 1.807) is 0 Å². The number of hydrogen-bond donors (Lipinski definition) is 5. The van der Waals surface area contributed by atoms with Gasteiger partial charge in [0.15, 0.2) is 5.56 Å². The molecule has 9 nitrogen and oxygen atoms in total. The van der Waals surface area contributed by atoms with E-state index in [2.05, 4.69) is 25.3 Å². The molecule has 28 heavy (non-hydrogen) atoms. The Morgan fingerprint density at radius 1 is 1.04 bits per heavy atom. The molecule has 4 aromatic rings. The summed E-state index contributed by atoms with van der Waals surface area (Å²) >= 11 is 0. The number of fused-ring (bicyclic) bond motifs is 1. The maximum atomic E-state index is 12.3. The number of nitrogens with zero attached hydrogens (tertiary/aromatic N) is 2. The fraction of sp³-hybridized carbons (Fsp3) is 0.0526. The Balaban J connectivity index is 1.68. The summed E-state index contributed by atoms with van der Waals surface area (Å²) < 4.78 is 0. The number of rotatable bonds is 5. The molecular weight excluding hydrogens is 362 g/mol. The smallest absolute Gasteiger partial charge is 0.343 e. The van der Waals surface area contributed by atoms with Gasteiger partial charge in [-0.25, -0.2) is 14.8 Å². The zero-order chi connectivity index (χ0) is 19.7. The maximum absolute atomic E-state index is 12.3. The van der Waals surface area contributed by atoms with E-state index in [4.69, 9.17) is 0 Å². The summed E-state index contributed by atoms with van der Waals surface area (Å²) in [4.78, 5) is 38.1. The average molecular weight is 377 g/mol. The lowest BCUT2D eigenvalue weighted by atomic mass is 10.1. The number of benzene rings is 2. The summed E-state index contributed by atoms with van der Waals surface area (Å²) in [5.74, 6) is -0.620. The zero-order valence-electron chi connectivity index (χ0n) is 14.4. The van der Waals surface area contributed by atoms with Crippen molar-refractivity contribution < 1.29 is 15.0 Å². The van der Waals surface area contributed by atoms with Gasteiger partial charge in [-0.05, 0) is 36.4 Å². The Labute approximate surface area is 157 Å². The fourth-order valence-corrected chi connectivity index (χ4v) is 2.84. The number of aromatic hydroxyl groups is 1. The SMILES string of the molecule is O=C(O)c1c(-c2ccc(O)cc2)nc(NCc2nc3ccccc3[nH]2)[nH]c1=O. The second kappa shape index (κ2) is 6.88. The molecule has 0 bridgehead atoms. The number of H-pyrrole nitrogens is 2. The van der Waals surface area contributed by atoms with E-state index >= 15 is 0 Å². The molecule has 0 unspecified atom stereocenters. The summed E-state index contributed by atoms with van der Waals surface area (Å²) in [5, 5.41) is 21.8. The molecule has 0 saturated heterocycles. The molecule has 0 saturated carbocycles. The highest BCUT2D eigenvalue weighted by molar-refractivity contribution is 5.94. The van der Waals surface area contributed by atoms with Gasteiger partial charge in [-0.2, -0.15) is 0 Å². The first-order valence-corrected chi connectivity index (χ1v) is 8.36. The first-order chi connectivity index (χ1) is 13.5. The number of phenols is 1. The molecule has 0 radical (unpaired) electrons. The van der Waals surface area contributed by atoms with E-state index in [-0.39, 0.29) is 23.9 Å². The number of carbonyl (C=O) groups is 1. The monoisotopic (exact) mass is 377 g/mol. The number of carboxylic acid groups (broad SMARTS) is 1. The summed E-state index contributed by atoms with van der Waals surface area (Å²) in [6, 6.07) is 13.3. The summed E-state index contributed by atoms with van der Waals surface area (Å²) in [5.41, 5.74) is 0.840. The molecule has 0 amide bonds. The van der Waals surface area contributed by atoms with Crippen LogP contribution in [0.4, 0.5) is 5.95 Å². The number of imidazole rings is 1. The minimum Gasteiger partial charge on any atom is -0.508 e. The van der Waals surface area contributed by atoms with E-state index < -0.39 is 17.1 Å². The van der Waals surface area contributed by atoms with Gasteiger partial charge in [0.1, 0.15) is 11.6 Å². The molecule has 2 aromatic heterocycles. The first-order valence-electron chi connectivity index (χ1n) is 8.36. The van der Waals surface area contributed by atoms with Crippen LogP contribution in [-0.2, 0) is 6.54 Å². The van der Waals surface area contributed by atoms with Gasteiger partial charge in [-0.3, -0.25) is 9.78 Å². The van der Waals surface area contributed by atoms with Crippen molar-refractivity contribution in [2.75, 3.05) is 5.32 Å². The van der Waals surface area contributed by atoms with Gasteiger partial charge in [-0.15, -0.1) is 0 Å². The van der Waals surface area contributed by atoms with Gasteiger partial charge in [0.2, 0.25) is 5.95 Å². The van der Waals surface area contributed by atoms with Crippen LogP contribution in [0, 0.1) is 0 Å². The third-order valence-corrected chi connectivity index (χ3v) is 4.14. The summed E-state index contributed by atoms with van der Waals surface area (Å²) in [6.45, 7) is 0.249. The number of aromatic nitrogens is 4. The number of aromatic amines is 2. The number of phenolic OH excluding ortho intramolecular Hbond substituents is 1. The lowest BCUT2D eigenvalue weighted by Crippen LogP contribution is -2.22. The topological polar surface area (TPSA) is 144 Å². The summed E-state index contributed by atoms with van der Waals surface area (Å²) in [6.07, 6.45) is 0. The number of para-hydroxylation sites is 2. The highest BCUT2D eigenvalue weighted by Gasteiger charge is 2.19. The van der Waals surface area contributed by atoms with Gasteiger partial charge in [0, 0.05) is 5.56 Å². The van der Waals surface area contributed by atoms with E-state index in [0.29, 0.717) is 11.4 Å². The molecule has 2 heterocycles. The standard InChI is InChI=1S/C19H15N5O4/c25-11-7-5-10(6-8-11)16-15(18(27)28)17(26)24-19(23-16)20-9-14-21-12-3-1-2-4-13(12)22-14/h1-8,25H,9H2,(H,21,22)(H,27,28)(H2,20,23,24,26). The normalized spacial score (nSPS) is 10.9. The summed E-state index contributed by atoms with van der Waals surface area (Å²) in [7, 11) is 0. The molecule has 0 aliphatic carbocycles. The van der Waals surface area contributed by atoms with Crippen molar-refractivity contribution in [1.29, 1.82) is 0 Å². The predicted octanol–water partition coefficient (Wildman–Crippen LogP) is 2.33. The quantitative estimate of drug-likeness (QED) is 0.359. The molecular formula is C19H15N5O4. The van der Waals surface area contributed by atoms with Gasteiger partial charge in [0.25, 0.3) is 5.56 Å². The molecule has 2 aromatic carbocycles. The Morgan fingerprint density at radius 3 is 2.50 bits per heavy atom. The van der Waals surface area contributed by atoms with Gasteiger partial charge in [0.05, 0.1) is 23.3 Å². The molecule has 0 aliphatic rings. The van der Waals surface area contributed by atoms with Crippen molar-refractivity contribution in [2.45, 2.75) is 6.54 Å². The zero-order valence-corrected chi connectivity index (χ0v) is 14.4. The van der Waals surface area contributed by atoms with Crippen LogP contribution in [-0.4, -0.2) is 36.1 Å². The minimum absolute atomic E-state index is 0.00311. The molecule has 9 heteroatoms. The van der Waals surface area contributed by atoms with E-state index in [1.807, 2.05) is 24.3 Å². The van der Waals surface area contributed by atoms with Crippen LogP contribution in [0.25, 0.3) is 22.3 Å². The second-order valence-corrected chi connectivity index (χ2v) is 6.04. The van der Waals surface area contributed by atoms with Crippen molar-refractivity contribution in [3.63, 3.8) is 0 Å². The molecule has 0 atom stereocenters. The number of anilines is 1. The second-order valence-electron chi connectivity index (χ2n) is 6.04. The maximum Gasteiger partial charge on any atom is 0.343 e. The van der Waals surface area contributed by atoms with Crippen molar-refractivity contribution in [1.82, 2.24) is 19.9 Å². The first kappa shape index (κ1) is 17.3. The molecule has 140 valence electrons. The fourth-order valence-electron chi connectivity index (χ4n) is 2.84. The molecule has 0 spiro atoms. The predicted molar refractivity (Wildman–Crippen MR) is 102 cm³/mol. The third kappa shape index (κ3) is 3.28. The number of aromatic carboxylic acids is 1. The Kier molecular flexibility index (Phi) is 4.24. The largest absolute Gasteiger partial charge is 0.508 e. The Hall–Kier alpha value is -4.14. The minimum atomic E-state index is -1.39. The van der Waals surface area contributed by atoms with Crippen LogP contribution in [0.15, 0.2) is 53.3 Å². The lowest BCUT2D eigenvalue weighted by molar-refractivity contribution is 0.0695. The number of nitrogens with one attached hydrogen (secondary N) is 3. The van der Waals surface area contributed by atoms with Gasteiger partial charge in [-0.1, -0.05) is 12.1 Å². The van der Waals surface area contributed by atoms with E-state index in [0.717, 1.165) is 11.0 Å². The number of carboxylic acids is 1.